The molecule has 0 aromatic rings. The zero-order valence-electron chi connectivity index (χ0n) is 11.5. The van der Waals surface area contributed by atoms with Crippen molar-refractivity contribution >= 4 is 23.5 Å². The molecule has 4 rings (SSSR count). The number of hydrogen-bond donors (Lipinski definition) is 3. The SMILES string of the molecule is CCN1C(=O)N[C@H]2[C@@H]3NC(=O)C4=CCC(Cl)N4[C@@H]3C[C@]21O. The number of likely N-dealkylation sites (N-methyl/N-ethyl adjacent to an activating group) is 1. The summed E-state index contributed by atoms with van der Waals surface area (Å²) in [6, 6.07) is -1.24. The number of halogens is 1. The second-order valence-corrected chi connectivity index (χ2v) is 6.49. The number of alkyl halides is 1. The molecule has 3 fully saturated rings. The van der Waals surface area contributed by atoms with Crippen molar-refractivity contribution in [3.05, 3.63) is 11.8 Å². The van der Waals surface area contributed by atoms with Crippen molar-refractivity contribution in [3.63, 3.8) is 0 Å². The summed E-state index contributed by atoms with van der Waals surface area (Å²) in [4.78, 5) is 27.5. The number of hydrogen-bond acceptors (Lipinski definition) is 4. The summed E-state index contributed by atoms with van der Waals surface area (Å²) in [5.74, 6) is -0.187. The van der Waals surface area contributed by atoms with Gasteiger partial charge >= 0.3 is 6.03 Å². The van der Waals surface area contributed by atoms with Gasteiger partial charge in [0.2, 0.25) is 0 Å². The fraction of sp³-hybridized carbons (Fsp3) is 0.692. The van der Waals surface area contributed by atoms with E-state index in [0.29, 0.717) is 25.1 Å². The molecular weight excluding hydrogens is 296 g/mol. The fourth-order valence-corrected chi connectivity index (χ4v) is 4.55. The first kappa shape index (κ1) is 13.2. The van der Waals surface area contributed by atoms with E-state index in [1.165, 1.54) is 4.90 Å². The number of carbonyl (C=O) groups excluding carboxylic acids is 2. The number of rotatable bonds is 1. The molecule has 4 aliphatic rings. The highest BCUT2D eigenvalue weighted by molar-refractivity contribution is 6.21. The van der Waals surface area contributed by atoms with Gasteiger partial charge in [0.1, 0.15) is 17.2 Å². The number of urea groups is 1. The van der Waals surface area contributed by atoms with Gasteiger partial charge in [-0.25, -0.2) is 4.79 Å². The molecule has 7 nitrogen and oxygen atoms in total. The summed E-state index contributed by atoms with van der Waals surface area (Å²) in [7, 11) is 0. The normalized spacial score (nSPS) is 44.0. The molecule has 3 heterocycles. The van der Waals surface area contributed by atoms with Gasteiger partial charge in [0.25, 0.3) is 5.91 Å². The highest BCUT2D eigenvalue weighted by Gasteiger charge is 2.65. The summed E-state index contributed by atoms with van der Waals surface area (Å²) < 4.78 is 0. The van der Waals surface area contributed by atoms with Crippen LogP contribution in [0.1, 0.15) is 19.8 Å². The molecule has 1 saturated carbocycles. The summed E-state index contributed by atoms with van der Waals surface area (Å²) in [5.41, 5.74) is -0.968. The smallest absolute Gasteiger partial charge is 0.320 e. The summed E-state index contributed by atoms with van der Waals surface area (Å²) in [6.45, 7) is 2.24. The molecule has 0 aromatic heterocycles. The van der Waals surface area contributed by atoms with E-state index in [4.69, 9.17) is 11.6 Å². The maximum Gasteiger partial charge on any atom is 0.320 e. The van der Waals surface area contributed by atoms with Gasteiger partial charge in [-0.05, 0) is 6.92 Å². The van der Waals surface area contributed by atoms with Crippen molar-refractivity contribution in [2.45, 2.75) is 49.1 Å². The molecule has 0 aromatic carbocycles. The number of aliphatic hydroxyl groups is 1. The number of nitrogens with one attached hydrogen (secondary N) is 2. The van der Waals surface area contributed by atoms with Crippen LogP contribution in [0.3, 0.4) is 0 Å². The van der Waals surface area contributed by atoms with Gasteiger partial charge in [0, 0.05) is 19.4 Å². The molecule has 3 amide bonds. The van der Waals surface area contributed by atoms with Crippen LogP contribution in [-0.2, 0) is 4.79 Å². The third-order valence-corrected chi connectivity index (χ3v) is 5.45. The van der Waals surface area contributed by atoms with Gasteiger partial charge < -0.3 is 20.6 Å². The van der Waals surface area contributed by atoms with E-state index in [-0.39, 0.29) is 29.5 Å². The molecular formula is C13H17ClN4O3. The lowest BCUT2D eigenvalue weighted by Gasteiger charge is -2.41. The van der Waals surface area contributed by atoms with Crippen molar-refractivity contribution < 1.29 is 14.7 Å². The molecule has 114 valence electrons. The topological polar surface area (TPSA) is 84.9 Å². The van der Waals surface area contributed by atoms with E-state index < -0.39 is 11.8 Å². The van der Waals surface area contributed by atoms with Crippen LogP contribution in [0, 0.1) is 0 Å². The largest absolute Gasteiger partial charge is 0.368 e. The predicted molar refractivity (Wildman–Crippen MR) is 74.2 cm³/mol. The highest BCUT2D eigenvalue weighted by Crippen LogP contribution is 2.45. The lowest BCUT2D eigenvalue weighted by atomic mass is 10.0. The third kappa shape index (κ3) is 1.48. The van der Waals surface area contributed by atoms with E-state index in [1.807, 2.05) is 17.9 Å². The van der Waals surface area contributed by atoms with Gasteiger partial charge in [-0.1, -0.05) is 17.7 Å². The minimum absolute atomic E-state index is 0.108. The van der Waals surface area contributed by atoms with Crippen LogP contribution in [-0.4, -0.2) is 62.7 Å². The number of carbonyl (C=O) groups is 2. The zero-order chi connectivity index (χ0) is 14.9. The van der Waals surface area contributed by atoms with Crippen molar-refractivity contribution in [3.8, 4) is 0 Å². The monoisotopic (exact) mass is 312 g/mol. The van der Waals surface area contributed by atoms with Crippen LogP contribution in [0.25, 0.3) is 0 Å². The number of amides is 3. The van der Waals surface area contributed by atoms with Gasteiger partial charge in [0.05, 0.1) is 12.1 Å². The molecule has 3 N–H and O–H groups in total. The zero-order valence-corrected chi connectivity index (χ0v) is 12.3. The fourth-order valence-electron chi connectivity index (χ4n) is 4.21. The van der Waals surface area contributed by atoms with Crippen LogP contribution in [0.5, 0.6) is 0 Å². The molecule has 0 bridgehead atoms. The minimum atomic E-state index is -1.27. The average Bonchev–Trinajstić information content (AvgIpc) is 3.00. The van der Waals surface area contributed by atoms with Crippen molar-refractivity contribution in [1.29, 1.82) is 0 Å². The number of piperazine rings is 1. The first-order chi connectivity index (χ1) is 9.97. The first-order valence-corrected chi connectivity index (χ1v) is 7.65. The Hall–Kier alpha value is -1.47. The van der Waals surface area contributed by atoms with Gasteiger partial charge in [-0.3, -0.25) is 9.69 Å². The number of fused-ring (bicyclic) bond motifs is 5. The third-order valence-electron chi connectivity index (χ3n) is 5.06. The van der Waals surface area contributed by atoms with Gasteiger partial charge in [-0.2, -0.15) is 0 Å². The van der Waals surface area contributed by atoms with E-state index in [9.17, 15) is 14.7 Å². The maximum absolute atomic E-state index is 12.2. The molecule has 8 heteroatoms. The van der Waals surface area contributed by atoms with Crippen LogP contribution in [0.4, 0.5) is 4.79 Å². The Labute approximate surface area is 126 Å². The number of nitrogens with zero attached hydrogens (tertiary/aromatic N) is 2. The Kier molecular flexibility index (Phi) is 2.54. The molecule has 2 saturated heterocycles. The van der Waals surface area contributed by atoms with Crippen LogP contribution in [0.15, 0.2) is 11.8 Å². The predicted octanol–water partition coefficient (Wildman–Crippen LogP) is -0.486. The molecule has 1 aliphatic carbocycles. The molecule has 21 heavy (non-hydrogen) atoms. The Morgan fingerprint density at radius 3 is 2.95 bits per heavy atom. The lowest BCUT2D eigenvalue weighted by molar-refractivity contribution is -0.122. The second-order valence-electron chi connectivity index (χ2n) is 5.99. The highest BCUT2D eigenvalue weighted by atomic mass is 35.5. The Balaban J connectivity index is 1.73. The van der Waals surface area contributed by atoms with E-state index >= 15 is 0 Å². The van der Waals surface area contributed by atoms with Crippen LogP contribution >= 0.6 is 11.6 Å². The van der Waals surface area contributed by atoms with E-state index in [1.54, 1.807) is 0 Å². The molecule has 3 aliphatic heterocycles. The Morgan fingerprint density at radius 2 is 2.24 bits per heavy atom. The van der Waals surface area contributed by atoms with Crippen molar-refractivity contribution in [2.24, 2.45) is 0 Å². The minimum Gasteiger partial charge on any atom is -0.368 e. The molecule has 0 spiro atoms. The van der Waals surface area contributed by atoms with Gasteiger partial charge in [0.15, 0.2) is 5.72 Å². The summed E-state index contributed by atoms with van der Waals surface area (Å²) in [5, 5.41) is 16.7. The summed E-state index contributed by atoms with van der Waals surface area (Å²) >= 11 is 6.33. The Morgan fingerprint density at radius 1 is 1.48 bits per heavy atom. The maximum atomic E-state index is 12.2. The summed E-state index contributed by atoms with van der Waals surface area (Å²) in [6.07, 6.45) is 2.81. The molecule has 5 atom stereocenters. The first-order valence-electron chi connectivity index (χ1n) is 7.21. The second kappa shape index (κ2) is 4.04. The quantitative estimate of drug-likeness (QED) is 0.451. The van der Waals surface area contributed by atoms with Crippen molar-refractivity contribution in [1.82, 2.24) is 20.4 Å². The van der Waals surface area contributed by atoms with Crippen LogP contribution < -0.4 is 10.6 Å². The molecule has 0 radical (unpaired) electrons. The lowest BCUT2D eigenvalue weighted by Crippen LogP contribution is -2.62. The van der Waals surface area contributed by atoms with Gasteiger partial charge in [-0.15, -0.1) is 0 Å². The Bertz CT molecular complexity index is 568. The average molecular weight is 313 g/mol. The van der Waals surface area contributed by atoms with E-state index in [0.717, 1.165) is 0 Å². The van der Waals surface area contributed by atoms with E-state index in [2.05, 4.69) is 10.6 Å². The van der Waals surface area contributed by atoms with Crippen LogP contribution in [0.2, 0.25) is 0 Å². The van der Waals surface area contributed by atoms with Crippen molar-refractivity contribution in [2.75, 3.05) is 6.54 Å². The molecule has 1 unspecified atom stereocenters. The standard InChI is InChI=1S/C13H17ClN4O3/c1-2-17-12(20)16-10-9-7(5-13(10,17)21)18-6(11(19)15-9)3-4-8(18)14/h3,7-10,21H,2,4-5H2,1H3,(H,15,19)(H,16,20)/t7-,8?,9-,10+,13+/m1/s1.